The Labute approximate surface area is 213 Å². The quantitative estimate of drug-likeness (QED) is 0.232. The number of anilines is 2. The average molecular weight is 534 g/mol. The lowest BCUT2D eigenvalue weighted by atomic mass is 10.0. The zero-order chi connectivity index (χ0) is 25.9. The molecule has 3 heterocycles. The van der Waals surface area contributed by atoms with Crippen LogP contribution >= 0.6 is 22.7 Å². The van der Waals surface area contributed by atoms with Crippen LogP contribution in [0.1, 0.15) is 29.1 Å². The van der Waals surface area contributed by atoms with Crippen molar-refractivity contribution in [3.8, 4) is 27.4 Å². The van der Waals surface area contributed by atoms with Gasteiger partial charge in [0, 0.05) is 27.1 Å². The van der Waals surface area contributed by atoms with Crippen molar-refractivity contribution < 1.29 is 27.8 Å². The summed E-state index contributed by atoms with van der Waals surface area (Å²) in [6.45, 7) is 2.77. The van der Waals surface area contributed by atoms with Crippen LogP contribution in [0.4, 0.5) is 24.1 Å². The first-order chi connectivity index (χ1) is 17.1. The molecule has 6 nitrogen and oxygen atoms in total. The van der Waals surface area contributed by atoms with E-state index in [1.165, 1.54) is 34.8 Å². The van der Waals surface area contributed by atoms with E-state index < -0.39 is 18.8 Å². The molecule has 0 bridgehead atoms. The smallest absolute Gasteiger partial charge is 0.422 e. The molecular formula is C25H22F3N3O3S2. The van der Waals surface area contributed by atoms with Gasteiger partial charge in [0.1, 0.15) is 17.1 Å². The molecule has 3 aromatic heterocycles. The molecule has 0 amide bonds. The predicted octanol–water partition coefficient (Wildman–Crippen LogP) is 7.52. The fourth-order valence-electron chi connectivity index (χ4n) is 3.42. The van der Waals surface area contributed by atoms with Crippen LogP contribution in [-0.2, 0) is 6.42 Å². The first kappa shape index (κ1) is 25.6. The zero-order valence-corrected chi connectivity index (χ0v) is 20.9. The average Bonchev–Trinajstić information content (AvgIpc) is 3.48. The van der Waals surface area contributed by atoms with Crippen molar-refractivity contribution in [3.05, 3.63) is 64.5 Å². The van der Waals surface area contributed by atoms with E-state index in [1.54, 1.807) is 24.4 Å². The van der Waals surface area contributed by atoms with E-state index in [4.69, 9.17) is 4.74 Å². The molecule has 0 fully saturated rings. The predicted molar refractivity (Wildman–Crippen MR) is 135 cm³/mol. The van der Waals surface area contributed by atoms with Crippen molar-refractivity contribution in [1.82, 2.24) is 9.97 Å². The number of carboxylic acids is 1. The Kier molecular flexibility index (Phi) is 7.60. The van der Waals surface area contributed by atoms with E-state index in [1.807, 2.05) is 17.5 Å². The highest BCUT2D eigenvalue weighted by Gasteiger charge is 2.28. The molecule has 0 aliphatic carbocycles. The molecule has 0 unspecified atom stereocenters. The summed E-state index contributed by atoms with van der Waals surface area (Å²) in [5.41, 5.74) is 2.12. The maximum absolute atomic E-state index is 12.4. The van der Waals surface area contributed by atoms with Crippen molar-refractivity contribution in [2.24, 2.45) is 5.92 Å². The molecule has 0 aliphatic heterocycles. The fraction of sp³-hybridized carbons (Fsp3) is 0.240. The number of aromatic carboxylic acids is 1. The number of alkyl halides is 3. The van der Waals surface area contributed by atoms with Crippen molar-refractivity contribution in [2.45, 2.75) is 26.4 Å². The number of hydrogen-bond donors (Lipinski definition) is 2. The highest BCUT2D eigenvalue weighted by Crippen LogP contribution is 2.36. The number of pyridine rings is 1. The highest BCUT2D eigenvalue weighted by atomic mass is 32.1. The maximum atomic E-state index is 12.4. The summed E-state index contributed by atoms with van der Waals surface area (Å²) >= 11 is 2.88. The van der Waals surface area contributed by atoms with Gasteiger partial charge < -0.3 is 15.2 Å². The van der Waals surface area contributed by atoms with Gasteiger partial charge in [0.2, 0.25) is 0 Å². The molecular weight excluding hydrogens is 511 g/mol. The Morgan fingerprint density at radius 2 is 1.92 bits per heavy atom. The molecule has 36 heavy (non-hydrogen) atoms. The number of ether oxygens (including phenoxy) is 1. The summed E-state index contributed by atoms with van der Waals surface area (Å²) in [5, 5.41) is 15.2. The number of thiophene rings is 1. The van der Waals surface area contributed by atoms with Gasteiger partial charge in [-0.3, -0.25) is 0 Å². The number of carbonyl (C=O) groups is 1. The number of rotatable bonds is 9. The summed E-state index contributed by atoms with van der Waals surface area (Å²) < 4.78 is 42.1. The number of nitrogens with one attached hydrogen (secondary N) is 1. The normalized spacial score (nSPS) is 11.6. The van der Waals surface area contributed by atoms with Crippen LogP contribution < -0.4 is 10.1 Å². The van der Waals surface area contributed by atoms with Gasteiger partial charge in [0.25, 0.3) is 0 Å². The summed E-state index contributed by atoms with van der Waals surface area (Å²) in [4.78, 5) is 22.8. The van der Waals surface area contributed by atoms with Crippen LogP contribution in [-0.4, -0.2) is 33.8 Å². The number of halogens is 3. The minimum absolute atomic E-state index is 0.0224. The lowest BCUT2D eigenvalue weighted by Gasteiger charge is -2.10. The SMILES string of the molecule is CC(C)Cc1sc(Nc2ncc(-c3cccs3)cc2C(=O)O)nc1-c1ccc(OCC(F)(F)F)cc1. The lowest BCUT2D eigenvalue weighted by molar-refractivity contribution is -0.153. The van der Waals surface area contributed by atoms with Crippen LogP contribution in [0.25, 0.3) is 21.7 Å². The number of hydrogen-bond acceptors (Lipinski definition) is 7. The number of nitrogens with zero attached hydrogens (tertiary/aromatic N) is 2. The fourth-order valence-corrected chi connectivity index (χ4v) is 5.32. The second-order valence-electron chi connectivity index (χ2n) is 8.34. The van der Waals surface area contributed by atoms with Crippen molar-refractivity contribution in [1.29, 1.82) is 0 Å². The van der Waals surface area contributed by atoms with Gasteiger partial charge in [-0.15, -0.1) is 22.7 Å². The van der Waals surface area contributed by atoms with E-state index in [-0.39, 0.29) is 17.1 Å². The van der Waals surface area contributed by atoms with Crippen LogP contribution in [0, 0.1) is 5.92 Å². The van der Waals surface area contributed by atoms with E-state index in [2.05, 4.69) is 29.1 Å². The van der Waals surface area contributed by atoms with Crippen LogP contribution in [0.2, 0.25) is 0 Å². The van der Waals surface area contributed by atoms with E-state index in [0.717, 1.165) is 16.2 Å². The van der Waals surface area contributed by atoms with Crippen molar-refractivity contribution >= 4 is 39.6 Å². The molecule has 2 N–H and O–H groups in total. The molecule has 0 saturated heterocycles. The number of carboxylic acid groups (broad SMARTS) is 1. The van der Waals surface area contributed by atoms with Gasteiger partial charge >= 0.3 is 12.1 Å². The summed E-state index contributed by atoms with van der Waals surface area (Å²) in [6, 6.07) is 11.6. The Hall–Kier alpha value is -3.44. The molecule has 0 spiro atoms. The lowest BCUT2D eigenvalue weighted by Crippen LogP contribution is -2.19. The monoisotopic (exact) mass is 533 g/mol. The molecule has 11 heteroatoms. The third-order valence-corrected chi connectivity index (χ3v) is 6.88. The molecule has 1 aromatic carbocycles. The van der Waals surface area contributed by atoms with Crippen molar-refractivity contribution in [3.63, 3.8) is 0 Å². The van der Waals surface area contributed by atoms with E-state index in [9.17, 15) is 23.1 Å². The van der Waals surface area contributed by atoms with Gasteiger partial charge in [-0.25, -0.2) is 14.8 Å². The summed E-state index contributed by atoms with van der Waals surface area (Å²) in [7, 11) is 0. The number of benzene rings is 1. The first-order valence-electron chi connectivity index (χ1n) is 10.9. The minimum Gasteiger partial charge on any atom is -0.484 e. The Morgan fingerprint density at radius 1 is 1.17 bits per heavy atom. The van der Waals surface area contributed by atoms with Gasteiger partial charge in [0.15, 0.2) is 11.7 Å². The third kappa shape index (κ3) is 6.41. The largest absolute Gasteiger partial charge is 0.484 e. The Balaban J connectivity index is 1.62. The molecule has 0 saturated carbocycles. The molecule has 0 atom stereocenters. The second kappa shape index (κ2) is 10.7. The summed E-state index contributed by atoms with van der Waals surface area (Å²) in [5.74, 6) is -0.507. The molecule has 4 aromatic rings. The number of aromatic nitrogens is 2. The standard InChI is InChI=1S/C25H22F3N3O3S2/c1-14(2)10-20-21(15-5-7-17(8-6-15)34-13-25(26,27)28)30-24(36-20)31-22-18(23(32)33)11-16(12-29-22)19-4-3-9-35-19/h3-9,11-12,14H,10,13H2,1-2H3,(H,32,33)(H,29,30,31). The van der Waals surface area contributed by atoms with E-state index >= 15 is 0 Å². The molecule has 4 rings (SSSR count). The van der Waals surface area contributed by atoms with Crippen LogP contribution in [0.15, 0.2) is 54.0 Å². The van der Waals surface area contributed by atoms with Gasteiger partial charge in [-0.2, -0.15) is 13.2 Å². The van der Waals surface area contributed by atoms with Crippen molar-refractivity contribution in [2.75, 3.05) is 11.9 Å². The Morgan fingerprint density at radius 3 is 2.53 bits per heavy atom. The van der Waals surface area contributed by atoms with Gasteiger partial charge in [-0.1, -0.05) is 19.9 Å². The van der Waals surface area contributed by atoms with Crippen LogP contribution in [0.5, 0.6) is 5.75 Å². The maximum Gasteiger partial charge on any atom is 0.422 e. The zero-order valence-electron chi connectivity index (χ0n) is 19.3. The summed E-state index contributed by atoms with van der Waals surface area (Å²) in [6.07, 6.45) is -2.08. The third-order valence-electron chi connectivity index (χ3n) is 4.97. The van der Waals surface area contributed by atoms with E-state index in [0.29, 0.717) is 27.9 Å². The Bertz CT molecular complexity index is 1340. The topological polar surface area (TPSA) is 84.3 Å². The highest BCUT2D eigenvalue weighted by molar-refractivity contribution is 7.16. The molecule has 188 valence electrons. The second-order valence-corrected chi connectivity index (χ2v) is 10.4. The minimum atomic E-state index is -4.41. The first-order valence-corrected chi connectivity index (χ1v) is 12.6. The molecule has 0 radical (unpaired) electrons. The van der Waals surface area contributed by atoms with Gasteiger partial charge in [-0.05, 0) is 54.1 Å². The number of thiazole rings is 1. The van der Waals surface area contributed by atoms with Crippen LogP contribution in [0.3, 0.4) is 0 Å². The van der Waals surface area contributed by atoms with Gasteiger partial charge in [0.05, 0.1) is 5.69 Å². The molecule has 0 aliphatic rings.